The maximum absolute atomic E-state index is 12.5. The van der Waals surface area contributed by atoms with E-state index in [9.17, 15) is 18.0 Å². The van der Waals surface area contributed by atoms with Crippen LogP contribution in [0.15, 0.2) is 29.4 Å². The van der Waals surface area contributed by atoms with E-state index in [1.165, 1.54) is 27.7 Å². The average molecular weight is 327 g/mol. The van der Waals surface area contributed by atoms with E-state index in [2.05, 4.69) is 4.98 Å². The summed E-state index contributed by atoms with van der Waals surface area (Å²) >= 11 is 0.965. The van der Waals surface area contributed by atoms with Crippen LogP contribution in [0.3, 0.4) is 0 Å². The first-order valence-corrected chi connectivity index (χ1v) is 8.82. The monoisotopic (exact) mass is 327 g/mol. The number of thioether (sulfide) groups is 1. The first-order valence-electron chi connectivity index (χ1n) is 6.39. The van der Waals surface area contributed by atoms with Gasteiger partial charge in [0.15, 0.2) is 0 Å². The van der Waals surface area contributed by atoms with Crippen LogP contribution in [0.2, 0.25) is 0 Å². The quantitative estimate of drug-likeness (QED) is 0.805. The molecule has 0 bridgehead atoms. The van der Waals surface area contributed by atoms with Crippen LogP contribution in [-0.2, 0) is 14.8 Å². The number of aromatic nitrogens is 1. The molecule has 9 heteroatoms. The fourth-order valence-electron chi connectivity index (χ4n) is 2.51. The molecule has 2 aliphatic heterocycles. The molecule has 2 saturated heterocycles. The largest absolute Gasteiger partial charge is 0.289 e. The number of carbonyl (C=O) groups excluding carboxylic acids is 2. The Hall–Kier alpha value is -1.45. The van der Waals surface area contributed by atoms with Gasteiger partial charge in [0.25, 0.3) is 5.24 Å². The highest BCUT2D eigenvalue weighted by molar-refractivity contribution is 8.14. The smallest absolute Gasteiger partial charge is 0.273 e. The Balaban J connectivity index is 1.78. The lowest BCUT2D eigenvalue weighted by molar-refractivity contribution is -0.126. The Morgan fingerprint density at radius 2 is 2.14 bits per heavy atom. The molecule has 1 aromatic rings. The van der Waals surface area contributed by atoms with Crippen LogP contribution in [0.25, 0.3) is 0 Å². The number of nitrogens with zero attached hydrogens (tertiary/aromatic N) is 3. The molecule has 1 atom stereocenters. The Bertz CT molecular complexity index is 661. The molecule has 1 unspecified atom stereocenters. The second-order valence-electron chi connectivity index (χ2n) is 4.81. The van der Waals surface area contributed by atoms with Crippen molar-refractivity contribution in [3.05, 3.63) is 24.5 Å². The van der Waals surface area contributed by atoms with Gasteiger partial charge in [0, 0.05) is 25.5 Å². The molecule has 0 N–H and O–H groups in total. The fraction of sp³-hybridized carbons (Fsp3) is 0.417. The van der Waals surface area contributed by atoms with E-state index in [1.807, 2.05) is 0 Å². The molecule has 2 aliphatic rings. The summed E-state index contributed by atoms with van der Waals surface area (Å²) in [6.45, 7) is 0.443. The van der Waals surface area contributed by atoms with Crippen molar-refractivity contribution in [3.63, 3.8) is 0 Å². The topological polar surface area (TPSA) is 87.7 Å². The lowest BCUT2D eigenvalue weighted by Crippen LogP contribution is -2.41. The number of carbonyl (C=O) groups is 2. The van der Waals surface area contributed by atoms with Crippen molar-refractivity contribution in [2.24, 2.45) is 0 Å². The van der Waals surface area contributed by atoms with Crippen LogP contribution in [0.1, 0.15) is 6.42 Å². The van der Waals surface area contributed by atoms with E-state index in [-0.39, 0.29) is 34.4 Å². The van der Waals surface area contributed by atoms with Gasteiger partial charge in [-0.15, -0.1) is 0 Å². The van der Waals surface area contributed by atoms with Crippen LogP contribution < -0.4 is 0 Å². The first-order chi connectivity index (χ1) is 10.00. The summed E-state index contributed by atoms with van der Waals surface area (Å²) in [5.74, 6) is -0.0966. The van der Waals surface area contributed by atoms with Crippen LogP contribution >= 0.6 is 11.8 Å². The van der Waals surface area contributed by atoms with E-state index >= 15 is 0 Å². The molecule has 7 nitrogen and oxygen atoms in total. The average Bonchev–Trinajstić information content (AvgIpc) is 3.07. The fourth-order valence-corrected chi connectivity index (χ4v) is 4.74. The third-order valence-electron chi connectivity index (χ3n) is 3.55. The van der Waals surface area contributed by atoms with E-state index in [4.69, 9.17) is 0 Å². The molecule has 3 heterocycles. The van der Waals surface area contributed by atoms with Crippen LogP contribution in [-0.4, -0.2) is 58.6 Å². The number of imide groups is 1. The van der Waals surface area contributed by atoms with E-state index in [0.29, 0.717) is 13.0 Å². The van der Waals surface area contributed by atoms with Crippen LogP contribution in [0, 0.1) is 0 Å². The van der Waals surface area contributed by atoms with Crippen molar-refractivity contribution >= 4 is 32.9 Å². The van der Waals surface area contributed by atoms with E-state index < -0.39 is 10.0 Å². The summed E-state index contributed by atoms with van der Waals surface area (Å²) in [6, 6.07) is 2.67. The molecule has 112 valence electrons. The molecular weight excluding hydrogens is 314 g/mol. The third kappa shape index (κ3) is 2.56. The lowest BCUT2D eigenvalue weighted by atomic mass is 10.2. The molecule has 0 aliphatic carbocycles. The molecule has 2 fully saturated rings. The highest BCUT2D eigenvalue weighted by Gasteiger charge is 2.42. The molecule has 0 spiro atoms. The minimum atomic E-state index is -3.62. The summed E-state index contributed by atoms with van der Waals surface area (Å²) in [4.78, 5) is 28.5. The summed E-state index contributed by atoms with van der Waals surface area (Å²) in [6.07, 6.45) is 3.27. The van der Waals surface area contributed by atoms with Gasteiger partial charge in [-0.25, -0.2) is 8.42 Å². The minimum absolute atomic E-state index is 0.124. The Kier molecular flexibility index (Phi) is 3.72. The van der Waals surface area contributed by atoms with Crippen molar-refractivity contribution in [2.45, 2.75) is 17.4 Å². The standard InChI is InChI=1S/C12H13N3O4S2/c16-11-8-20-12(17)15(11)9-3-5-14(7-9)21(18,19)10-2-1-4-13-6-10/h1-2,4,6,9H,3,5,7-8H2. The first kappa shape index (κ1) is 14.5. The van der Waals surface area contributed by atoms with Gasteiger partial charge in [0.05, 0.1) is 11.8 Å². The second kappa shape index (κ2) is 5.39. The Labute approximate surface area is 126 Å². The summed E-state index contributed by atoms with van der Waals surface area (Å²) < 4.78 is 26.2. The van der Waals surface area contributed by atoms with Crippen LogP contribution in [0.4, 0.5) is 4.79 Å². The Morgan fingerprint density at radius 1 is 1.33 bits per heavy atom. The molecule has 3 rings (SSSR count). The zero-order chi connectivity index (χ0) is 15.0. The number of hydrogen-bond donors (Lipinski definition) is 0. The maximum atomic E-state index is 12.5. The van der Waals surface area contributed by atoms with Gasteiger partial charge in [-0.2, -0.15) is 4.31 Å². The van der Waals surface area contributed by atoms with Gasteiger partial charge in [-0.05, 0) is 18.6 Å². The SMILES string of the molecule is O=C1CSC(=O)N1C1CCN(S(=O)(=O)c2cccnc2)C1. The molecule has 2 amide bonds. The van der Waals surface area contributed by atoms with E-state index in [0.717, 1.165) is 11.8 Å². The number of amides is 2. The predicted octanol–water partition coefficient (Wildman–Crippen LogP) is 0.540. The zero-order valence-corrected chi connectivity index (χ0v) is 12.6. The van der Waals surface area contributed by atoms with Gasteiger partial charge in [-0.3, -0.25) is 19.5 Å². The van der Waals surface area contributed by atoms with Gasteiger partial charge in [0.1, 0.15) is 4.90 Å². The normalized spacial score (nSPS) is 24.0. The number of rotatable bonds is 3. The predicted molar refractivity (Wildman–Crippen MR) is 76.1 cm³/mol. The summed E-state index contributed by atoms with van der Waals surface area (Å²) in [5.41, 5.74) is 0. The zero-order valence-electron chi connectivity index (χ0n) is 11.0. The maximum Gasteiger partial charge on any atom is 0.289 e. The molecule has 0 saturated carbocycles. The van der Waals surface area contributed by atoms with Crippen molar-refractivity contribution in [1.29, 1.82) is 0 Å². The van der Waals surface area contributed by atoms with Gasteiger partial charge in [-0.1, -0.05) is 11.8 Å². The second-order valence-corrected chi connectivity index (χ2v) is 7.68. The highest BCUT2D eigenvalue weighted by atomic mass is 32.2. The third-order valence-corrected chi connectivity index (χ3v) is 6.23. The van der Waals surface area contributed by atoms with Crippen molar-refractivity contribution in [3.8, 4) is 0 Å². The van der Waals surface area contributed by atoms with Gasteiger partial charge < -0.3 is 0 Å². The van der Waals surface area contributed by atoms with Crippen molar-refractivity contribution in [2.75, 3.05) is 18.8 Å². The molecule has 21 heavy (non-hydrogen) atoms. The molecule has 0 radical (unpaired) electrons. The number of hydrogen-bond acceptors (Lipinski definition) is 6. The van der Waals surface area contributed by atoms with Crippen LogP contribution in [0.5, 0.6) is 0 Å². The summed E-state index contributed by atoms with van der Waals surface area (Å²) in [7, 11) is -3.62. The van der Waals surface area contributed by atoms with Gasteiger partial charge >= 0.3 is 0 Å². The number of sulfonamides is 1. The molecular formula is C12H13N3O4S2. The summed E-state index contributed by atoms with van der Waals surface area (Å²) in [5, 5.41) is -0.286. The van der Waals surface area contributed by atoms with E-state index in [1.54, 1.807) is 6.07 Å². The van der Waals surface area contributed by atoms with Crippen molar-refractivity contribution in [1.82, 2.24) is 14.2 Å². The lowest BCUT2D eigenvalue weighted by Gasteiger charge is -2.21. The Morgan fingerprint density at radius 3 is 2.76 bits per heavy atom. The molecule has 0 aromatic carbocycles. The highest BCUT2D eigenvalue weighted by Crippen LogP contribution is 2.28. The molecule has 1 aromatic heterocycles. The minimum Gasteiger partial charge on any atom is -0.273 e. The van der Waals surface area contributed by atoms with Gasteiger partial charge in [0.2, 0.25) is 15.9 Å². The number of pyridine rings is 1. The van der Waals surface area contributed by atoms with Crippen molar-refractivity contribution < 1.29 is 18.0 Å².